The van der Waals surface area contributed by atoms with Crippen LogP contribution >= 0.6 is 0 Å². The number of methoxy groups -OCH3 is 1. The van der Waals surface area contributed by atoms with E-state index in [1.165, 1.54) is 18.7 Å². The summed E-state index contributed by atoms with van der Waals surface area (Å²) in [6.45, 7) is 4.11. The Labute approximate surface area is 153 Å². The fraction of sp³-hybridized carbons (Fsp3) is 0.350. The predicted molar refractivity (Wildman–Crippen MR) is 99.8 cm³/mol. The highest BCUT2D eigenvalue weighted by molar-refractivity contribution is 5.74. The fourth-order valence-electron chi connectivity index (χ4n) is 2.91. The molecule has 0 unspecified atom stereocenters. The van der Waals surface area contributed by atoms with Crippen LogP contribution in [0.1, 0.15) is 5.56 Å². The van der Waals surface area contributed by atoms with Gasteiger partial charge in [0, 0.05) is 26.7 Å². The summed E-state index contributed by atoms with van der Waals surface area (Å²) in [7, 11) is 3.47. The molecule has 6 heteroatoms. The second-order valence-electron chi connectivity index (χ2n) is 6.20. The Morgan fingerprint density at radius 1 is 1.15 bits per heavy atom. The number of aryl methyl sites for hydroxylation is 1. The summed E-state index contributed by atoms with van der Waals surface area (Å²) in [6, 6.07) is 13.2. The van der Waals surface area contributed by atoms with Crippen molar-refractivity contribution in [1.82, 2.24) is 14.5 Å². The van der Waals surface area contributed by atoms with Crippen LogP contribution in [0.3, 0.4) is 0 Å². The summed E-state index contributed by atoms with van der Waals surface area (Å²) >= 11 is 0. The Kier molecular flexibility index (Phi) is 6.20. The van der Waals surface area contributed by atoms with Gasteiger partial charge in [0.2, 0.25) is 0 Å². The number of ether oxygens (including phenoxy) is 2. The minimum absolute atomic E-state index is 0.297. The summed E-state index contributed by atoms with van der Waals surface area (Å²) < 4.78 is 25.6. The number of benzene rings is 2. The standard InChI is InChI=1S/C12H16FNO2.C8H8N2/c1-15-12-3-2-10(8-11(12)13)9-14-4-6-16-7-5-14;1-10-6-9-7-4-2-3-5-8(7)10/h2-3,8H,4-7,9H2,1H3;2-6H,1H3. The highest BCUT2D eigenvalue weighted by atomic mass is 19.1. The number of fused-ring (bicyclic) bond motifs is 1. The summed E-state index contributed by atoms with van der Waals surface area (Å²) in [5, 5.41) is 0. The molecule has 0 N–H and O–H groups in total. The van der Waals surface area contributed by atoms with Crippen LogP contribution in [0.15, 0.2) is 48.8 Å². The molecule has 0 saturated carbocycles. The van der Waals surface area contributed by atoms with Gasteiger partial charge in [0.15, 0.2) is 11.6 Å². The van der Waals surface area contributed by atoms with E-state index in [0.717, 1.165) is 43.9 Å². The number of rotatable bonds is 3. The fourth-order valence-corrected chi connectivity index (χ4v) is 2.91. The molecule has 2 aromatic carbocycles. The molecule has 0 bridgehead atoms. The van der Waals surface area contributed by atoms with Gasteiger partial charge in [-0.3, -0.25) is 4.90 Å². The number of hydrogen-bond donors (Lipinski definition) is 0. The SMILES string of the molecule is COc1ccc(CN2CCOCC2)cc1F.Cn1cnc2ccccc21. The molecule has 138 valence electrons. The molecule has 0 spiro atoms. The van der Waals surface area contributed by atoms with Crippen LogP contribution in [-0.2, 0) is 18.3 Å². The van der Waals surface area contributed by atoms with Crippen LogP contribution in [-0.4, -0.2) is 47.9 Å². The normalized spacial score (nSPS) is 14.7. The average molecular weight is 357 g/mol. The van der Waals surface area contributed by atoms with Crippen LogP contribution in [0.25, 0.3) is 11.0 Å². The molecule has 3 aromatic rings. The second-order valence-corrected chi connectivity index (χ2v) is 6.20. The molecule has 0 radical (unpaired) electrons. The molecule has 26 heavy (non-hydrogen) atoms. The van der Waals surface area contributed by atoms with Gasteiger partial charge in [0.1, 0.15) is 0 Å². The third-order valence-corrected chi connectivity index (χ3v) is 4.36. The molecule has 0 atom stereocenters. The van der Waals surface area contributed by atoms with Gasteiger partial charge in [0.25, 0.3) is 0 Å². The first-order valence-corrected chi connectivity index (χ1v) is 8.66. The minimum Gasteiger partial charge on any atom is -0.494 e. The topological polar surface area (TPSA) is 39.5 Å². The second kappa shape index (κ2) is 8.78. The van der Waals surface area contributed by atoms with Gasteiger partial charge in [-0.2, -0.15) is 0 Å². The number of para-hydroxylation sites is 2. The molecule has 1 aliphatic rings. The van der Waals surface area contributed by atoms with E-state index < -0.39 is 0 Å². The Bertz CT molecular complexity index is 844. The number of morpholine rings is 1. The van der Waals surface area contributed by atoms with Crippen molar-refractivity contribution in [2.45, 2.75) is 6.54 Å². The van der Waals surface area contributed by atoms with Gasteiger partial charge >= 0.3 is 0 Å². The lowest BCUT2D eigenvalue weighted by Gasteiger charge is -2.26. The van der Waals surface area contributed by atoms with Gasteiger partial charge in [-0.25, -0.2) is 9.37 Å². The first kappa shape index (κ1) is 18.4. The molecule has 1 saturated heterocycles. The first-order chi connectivity index (χ1) is 12.7. The van der Waals surface area contributed by atoms with Gasteiger partial charge in [-0.05, 0) is 29.8 Å². The number of hydrogen-bond acceptors (Lipinski definition) is 4. The third-order valence-electron chi connectivity index (χ3n) is 4.36. The maximum absolute atomic E-state index is 13.4. The van der Waals surface area contributed by atoms with Crippen molar-refractivity contribution in [1.29, 1.82) is 0 Å². The molecule has 1 aromatic heterocycles. The molecule has 2 heterocycles. The van der Waals surface area contributed by atoms with Crippen LogP contribution in [0.5, 0.6) is 5.75 Å². The smallest absolute Gasteiger partial charge is 0.165 e. The van der Waals surface area contributed by atoms with Crippen molar-refractivity contribution in [3.63, 3.8) is 0 Å². The molecule has 0 amide bonds. The maximum atomic E-state index is 13.4. The van der Waals surface area contributed by atoms with Crippen LogP contribution < -0.4 is 4.74 Å². The highest BCUT2D eigenvalue weighted by Gasteiger charge is 2.11. The van der Waals surface area contributed by atoms with Crippen molar-refractivity contribution in [3.05, 3.63) is 60.2 Å². The molecule has 0 aliphatic carbocycles. The van der Waals surface area contributed by atoms with Crippen molar-refractivity contribution in [2.75, 3.05) is 33.4 Å². The van der Waals surface area contributed by atoms with Crippen molar-refractivity contribution >= 4 is 11.0 Å². The zero-order valence-corrected chi connectivity index (χ0v) is 15.2. The molecular formula is C20H24FN3O2. The number of imidazole rings is 1. The molecule has 5 nitrogen and oxygen atoms in total. The lowest BCUT2D eigenvalue weighted by Crippen LogP contribution is -2.35. The first-order valence-electron chi connectivity index (χ1n) is 8.66. The summed E-state index contributed by atoms with van der Waals surface area (Å²) in [4.78, 5) is 6.44. The monoisotopic (exact) mass is 357 g/mol. The summed E-state index contributed by atoms with van der Waals surface area (Å²) in [5.41, 5.74) is 3.22. The Morgan fingerprint density at radius 3 is 2.62 bits per heavy atom. The highest BCUT2D eigenvalue weighted by Crippen LogP contribution is 2.18. The number of halogens is 1. The Balaban J connectivity index is 0.000000167. The maximum Gasteiger partial charge on any atom is 0.165 e. The van der Waals surface area contributed by atoms with E-state index in [1.54, 1.807) is 6.07 Å². The van der Waals surface area contributed by atoms with E-state index in [0.29, 0.717) is 5.75 Å². The lowest BCUT2D eigenvalue weighted by atomic mass is 10.2. The summed E-state index contributed by atoms with van der Waals surface area (Å²) in [6.07, 6.45) is 1.82. The van der Waals surface area contributed by atoms with E-state index in [4.69, 9.17) is 9.47 Å². The van der Waals surface area contributed by atoms with E-state index in [2.05, 4.69) is 16.0 Å². The van der Waals surface area contributed by atoms with Crippen molar-refractivity contribution in [2.24, 2.45) is 7.05 Å². The predicted octanol–water partition coefficient (Wildman–Crippen LogP) is 3.24. The van der Waals surface area contributed by atoms with E-state index in [-0.39, 0.29) is 5.82 Å². The summed E-state index contributed by atoms with van der Waals surface area (Å²) in [5.74, 6) is -0.000938. The van der Waals surface area contributed by atoms with E-state index in [1.807, 2.05) is 42.2 Å². The van der Waals surface area contributed by atoms with Crippen molar-refractivity contribution in [3.8, 4) is 5.75 Å². The zero-order valence-electron chi connectivity index (χ0n) is 15.2. The van der Waals surface area contributed by atoms with Crippen molar-refractivity contribution < 1.29 is 13.9 Å². The van der Waals surface area contributed by atoms with Crippen LogP contribution in [0.2, 0.25) is 0 Å². The molecule has 1 aliphatic heterocycles. The largest absolute Gasteiger partial charge is 0.494 e. The van der Waals surface area contributed by atoms with E-state index >= 15 is 0 Å². The minimum atomic E-state index is -0.298. The van der Waals surface area contributed by atoms with Crippen LogP contribution in [0.4, 0.5) is 4.39 Å². The third kappa shape index (κ3) is 4.59. The van der Waals surface area contributed by atoms with Gasteiger partial charge in [0.05, 0.1) is 37.7 Å². The average Bonchev–Trinajstić information content (AvgIpc) is 3.05. The molecular weight excluding hydrogens is 333 g/mol. The van der Waals surface area contributed by atoms with Gasteiger partial charge < -0.3 is 14.0 Å². The number of aromatic nitrogens is 2. The number of nitrogens with zero attached hydrogens (tertiary/aromatic N) is 3. The lowest BCUT2D eigenvalue weighted by molar-refractivity contribution is 0.0341. The van der Waals surface area contributed by atoms with Crippen LogP contribution in [0, 0.1) is 5.82 Å². The molecule has 1 fully saturated rings. The van der Waals surface area contributed by atoms with Gasteiger partial charge in [-0.15, -0.1) is 0 Å². The van der Waals surface area contributed by atoms with Gasteiger partial charge in [-0.1, -0.05) is 18.2 Å². The molecule has 4 rings (SSSR count). The zero-order chi connectivity index (χ0) is 18.4. The quantitative estimate of drug-likeness (QED) is 0.721. The van der Waals surface area contributed by atoms with E-state index in [9.17, 15) is 4.39 Å². The Hall–Kier alpha value is -2.44. The Morgan fingerprint density at radius 2 is 1.92 bits per heavy atom.